The Morgan fingerprint density at radius 2 is 1.47 bits per heavy atom. The number of aliphatic hydroxyl groups excluding tert-OH is 1. The number of aliphatic carboxylic acids is 2. The molecule has 1 aromatic rings. The van der Waals surface area contributed by atoms with Crippen molar-refractivity contribution >= 4 is 41.4 Å². The molecule has 0 aliphatic heterocycles. The number of nitrogens with one attached hydrogen (secondary N) is 3. The highest BCUT2D eigenvalue weighted by Crippen LogP contribution is 2.05. The third-order valence-electron chi connectivity index (χ3n) is 4.69. The van der Waals surface area contributed by atoms with Crippen LogP contribution in [0.15, 0.2) is 30.3 Å². The van der Waals surface area contributed by atoms with E-state index in [1.54, 1.807) is 30.3 Å². The molecule has 0 aliphatic carbocycles. The molecule has 0 aliphatic rings. The lowest BCUT2D eigenvalue weighted by Gasteiger charge is -2.23. The van der Waals surface area contributed by atoms with Crippen LogP contribution in [0, 0.1) is 0 Å². The van der Waals surface area contributed by atoms with Crippen LogP contribution in [0.1, 0.15) is 18.4 Å². The van der Waals surface area contributed by atoms with E-state index >= 15 is 0 Å². The fraction of sp³-hybridized carbons (Fsp3) is 0.476. The van der Waals surface area contributed by atoms with Gasteiger partial charge in [-0.25, -0.2) is 4.79 Å². The summed E-state index contributed by atoms with van der Waals surface area (Å²) in [5.74, 6) is -4.92. The second kappa shape index (κ2) is 14.9. The van der Waals surface area contributed by atoms with Gasteiger partial charge in [-0.05, 0) is 24.0 Å². The van der Waals surface area contributed by atoms with E-state index in [4.69, 9.17) is 10.8 Å². The SMILES string of the molecule is CSCCC(N)C(=O)NC(CC(=O)O)C(=O)NC(CO)C(=O)NC(Cc1ccccc1)C(=O)O. The summed E-state index contributed by atoms with van der Waals surface area (Å²) in [6.45, 7) is -0.893. The number of benzene rings is 1. The van der Waals surface area contributed by atoms with E-state index in [9.17, 15) is 34.2 Å². The Kier molecular flexibility index (Phi) is 12.6. The van der Waals surface area contributed by atoms with Gasteiger partial charge >= 0.3 is 11.9 Å². The third kappa shape index (κ3) is 10.2. The topological polar surface area (TPSA) is 208 Å². The molecule has 12 nitrogen and oxygen atoms in total. The Balaban J connectivity index is 2.85. The minimum Gasteiger partial charge on any atom is -0.481 e. The molecule has 13 heteroatoms. The van der Waals surface area contributed by atoms with Crippen LogP contribution in [0.25, 0.3) is 0 Å². The zero-order chi connectivity index (χ0) is 25.7. The molecule has 4 unspecified atom stereocenters. The van der Waals surface area contributed by atoms with Crippen LogP contribution in [0.4, 0.5) is 0 Å². The van der Waals surface area contributed by atoms with E-state index in [-0.39, 0.29) is 6.42 Å². The molecule has 0 fully saturated rings. The maximum Gasteiger partial charge on any atom is 0.326 e. The van der Waals surface area contributed by atoms with Crippen molar-refractivity contribution in [2.75, 3.05) is 18.6 Å². The lowest BCUT2D eigenvalue weighted by atomic mass is 10.1. The van der Waals surface area contributed by atoms with E-state index < -0.39 is 66.9 Å². The van der Waals surface area contributed by atoms with Crippen molar-refractivity contribution in [1.29, 1.82) is 0 Å². The van der Waals surface area contributed by atoms with Gasteiger partial charge in [-0.3, -0.25) is 19.2 Å². The predicted molar refractivity (Wildman–Crippen MR) is 124 cm³/mol. The standard InChI is InChI=1S/C21H30N4O8S/c1-34-8-7-13(22)18(29)23-14(10-17(27)28)19(30)25-16(11-26)20(31)24-15(21(32)33)9-12-5-3-2-4-6-12/h2-6,13-16,26H,7-11,22H2,1H3,(H,23,29)(H,24,31)(H,25,30)(H,27,28)(H,32,33). The van der Waals surface area contributed by atoms with E-state index in [1.165, 1.54) is 11.8 Å². The van der Waals surface area contributed by atoms with Gasteiger partial charge in [-0.15, -0.1) is 0 Å². The highest BCUT2D eigenvalue weighted by Gasteiger charge is 2.31. The number of amides is 3. The first-order chi connectivity index (χ1) is 16.1. The number of nitrogens with two attached hydrogens (primary N) is 1. The number of carbonyl (C=O) groups is 5. The summed E-state index contributed by atoms with van der Waals surface area (Å²) in [7, 11) is 0. The van der Waals surface area contributed by atoms with Crippen LogP contribution >= 0.6 is 11.8 Å². The van der Waals surface area contributed by atoms with Crippen molar-refractivity contribution in [1.82, 2.24) is 16.0 Å². The Morgan fingerprint density at radius 1 is 0.912 bits per heavy atom. The van der Waals surface area contributed by atoms with Gasteiger partial charge in [0.1, 0.15) is 18.1 Å². The molecule has 0 aromatic heterocycles. The Hall–Kier alpha value is -3.16. The van der Waals surface area contributed by atoms with Crippen LogP contribution in [-0.4, -0.2) is 87.8 Å². The van der Waals surface area contributed by atoms with Gasteiger partial charge in [0.25, 0.3) is 0 Å². The Morgan fingerprint density at radius 3 is 2.00 bits per heavy atom. The molecular weight excluding hydrogens is 468 g/mol. The van der Waals surface area contributed by atoms with Crippen molar-refractivity contribution in [2.24, 2.45) is 5.73 Å². The first-order valence-electron chi connectivity index (χ1n) is 10.3. The maximum atomic E-state index is 12.6. The molecule has 188 valence electrons. The summed E-state index contributed by atoms with van der Waals surface area (Å²) in [5, 5.41) is 34.7. The van der Waals surface area contributed by atoms with Gasteiger partial charge in [0, 0.05) is 6.42 Å². The number of carboxylic acid groups (broad SMARTS) is 2. The highest BCUT2D eigenvalue weighted by molar-refractivity contribution is 7.98. The quantitative estimate of drug-likeness (QED) is 0.146. The van der Waals surface area contributed by atoms with E-state index in [2.05, 4.69) is 16.0 Å². The summed E-state index contributed by atoms with van der Waals surface area (Å²) in [6.07, 6.45) is 1.28. The number of hydrogen-bond donors (Lipinski definition) is 7. The van der Waals surface area contributed by atoms with Crippen molar-refractivity contribution in [2.45, 2.75) is 43.4 Å². The average Bonchev–Trinajstić information content (AvgIpc) is 2.79. The molecule has 1 rings (SSSR count). The molecule has 0 bridgehead atoms. The largest absolute Gasteiger partial charge is 0.481 e. The smallest absolute Gasteiger partial charge is 0.326 e. The molecule has 3 amide bonds. The summed E-state index contributed by atoms with van der Waals surface area (Å²) in [5.41, 5.74) is 6.38. The third-order valence-corrected chi connectivity index (χ3v) is 5.34. The number of aliphatic hydroxyl groups is 1. The van der Waals surface area contributed by atoms with Gasteiger partial charge < -0.3 is 37.0 Å². The summed E-state index contributed by atoms with van der Waals surface area (Å²) in [4.78, 5) is 60.1. The van der Waals surface area contributed by atoms with Crippen molar-refractivity contribution < 1.29 is 39.3 Å². The van der Waals surface area contributed by atoms with E-state index in [1.807, 2.05) is 6.26 Å². The predicted octanol–water partition coefficient (Wildman–Crippen LogP) is -1.68. The first kappa shape index (κ1) is 28.9. The molecule has 0 saturated carbocycles. The number of carboxylic acids is 2. The van der Waals surface area contributed by atoms with Gasteiger partial charge in [0.15, 0.2) is 0 Å². The second-order valence-electron chi connectivity index (χ2n) is 7.38. The van der Waals surface area contributed by atoms with E-state index in [0.717, 1.165) is 0 Å². The molecule has 0 spiro atoms. The number of carbonyl (C=O) groups excluding carboxylic acids is 3. The normalized spacial score (nSPS) is 14.2. The summed E-state index contributed by atoms with van der Waals surface area (Å²) >= 11 is 1.46. The van der Waals surface area contributed by atoms with Crippen LogP contribution in [-0.2, 0) is 30.4 Å². The Labute approximate surface area is 200 Å². The van der Waals surface area contributed by atoms with Gasteiger partial charge in [0.2, 0.25) is 17.7 Å². The molecule has 8 N–H and O–H groups in total. The number of thioether (sulfide) groups is 1. The van der Waals surface area contributed by atoms with Crippen molar-refractivity contribution in [3.05, 3.63) is 35.9 Å². The summed E-state index contributed by atoms with van der Waals surface area (Å²) in [6, 6.07) is 3.06. The molecule has 0 heterocycles. The fourth-order valence-electron chi connectivity index (χ4n) is 2.83. The molecular formula is C21H30N4O8S. The minimum atomic E-state index is -1.58. The van der Waals surface area contributed by atoms with Gasteiger partial charge in [0.05, 0.1) is 19.1 Å². The van der Waals surface area contributed by atoms with Crippen LogP contribution in [0.3, 0.4) is 0 Å². The van der Waals surface area contributed by atoms with Crippen molar-refractivity contribution in [3.63, 3.8) is 0 Å². The van der Waals surface area contributed by atoms with Crippen LogP contribution in [0.2, 0.25) is 0 Å². The molecule has 1 aromatic carbocycles. The van der Waals surface area contributed by atoms with Crippen LogP contribution in [0.5, 0.6) is 0 Å². The van der Waals surface area contributed by atoms with Crippen LogP contribution < -0.4 is 21.7 Å². The maximum absolute atomic E-state index is 12.6. The summed E-state index contributed by atoms with van der Waals surface area (Å²) < 4.78 is 0. The monoisotopic (exact) mass is 498 g/mol. The first-order valence-corrected chi connectivity index (χ1v) is 11.7. The molecule has 34 heavy (non-hydrogen) atoms. The zero-order valence-corrected chi connectivity index (χ0v) is 19.4. The number of hydrogen-bond acceptors (Lipinski definition) is 8. The Bertz CT molecular complexity index is 854. The fourth-order valence-corrected chi connectivity index (χ4v) is 3.32. The van der Waals surface area contributed by atoms with E-state index in [0.29, 0.717) is 17.7 Å². The van der Waals surface area contributed by atoms with Gasteiger partial charge in [-0.2, -0.15) is 11.8 Å². The van der Waals surface area contributed by atoms with Gasteiger partial charge in [-0.1, -0.05) is 30.3 Å². The van der Waals surface area contributed by atoms with Crippen molar-refractivity contribution in [3.8, 4) is 0 Å². The zero-order valence-electron chi connectivity index (χ0n) is 18.6. The average molecular weight is 499 g/mol. The lowest BCUT2D eigenvalue weighted by molar-refractivity contribution is -0.143. The highest BCUT2D eigenvalue weighted by atomic mass is 32.2. The minimum absolute atomic E-state index is 0.0420. The molecule has 0 saturated heterocycles. The number of rotatable bonds is 15. The molecule has 0 radical (unpaired) electrons. The second-order valence-corrected chi connectivity index (χ2v) is 8.37. The lowest BCUT2D eigenvalue weighted by Crippen LogP contribution is -2.58. The molecule has 4 atom stereocenters.